The van der Waals surface area contributed by atoms with Gasteiger partial charge in [-0.25, -0.2) is 0 Å². The molecule has 0 aliphatic heterocycles. The monoisotopic (exact) mass is 251 g/mol. The maximum absolute atomic E-state index is 12.0. The average Bonchev–Trinajstić information content (AvgIpc) is 2.56. The Kier molecular flexibility index (Phi) is 4.43. The summed E-state index contributed by atoms with van der Waals surface area (Å²) in [6.45, 7) is 0. The molecule has 0 unspecified atom stereocenters. The van der Waals surface area contributed by atoms with Crippen molar-refractivity contribution in [3.63, 3.8) is 0 Å². The number of halogens is 1. The molecule has 1 fully saturated rings. The third-order valence-corrected chi connectivity index (χ3v) is 3.81. The molecule has 0 aromatic heterocycles. The van der Waals surface area contributed by atoms with Crippen LogP contribution in [0.2, 0.25) is 0 Å². The number of benzene rings is 1. The lowest BCUT2D eigenvalue weighted by atomic mass is 10.1. The molecular formula is C14H18ClNO. The number of alkyl halides is 1. The molecule has 1 aromatic carbocycles. The van der Waals surface area contributed by atoms with Crippen molar-refractivity contribution in [3.05, 3.63) is 35.9 Å². The van der Waals surface area contributed by atoms with E-state index in [1.54, 1.807) is 0 Å². The molecule has 17 heavy (non-hydrogen) atoms. The second kappa shape index (κ2) is 6.06. The van der Waals surface area contributed by atoms with Gasteiger partial charge in [-0.3, -0.25) is 4.79 Å². The van der Waals surface area contributed by atoms with Crippen LogP contribution in [0.25, 0.3) is 0 Å². The van der Waals surface area contributed by atoms with E-state index in [1.165, 1.54) is 12.8 Å². The molecular weight excluding hydrogens is 234 g/mol. The van der Waals surface area contributed by atoms with E-state index in [1.807, 2.05) is 30.3 Å². The first-order valence-electron chi connectivity index (χ1n) is 6.27. The van der Waals surface area contributed by atoms with Crippen LogP contribution in [-0.2, 0) is 0 Å². The van der Waals surface area contributed by atoms with Gasteiger partial charge in [-0.1, -0.05) is 37.5 Å². The standard InChI is InChI=1S/C14H18ClNO/c15-12-9-5-2-6-10-13(12)16-14(17)11-7-3-1-4-8-11/h1,3-4,7-8,12-13H,2,5-6,9-10H2,(H,16,17)/t12-,13-/m0/s1. The number of hydrogen-bond acceptors (Lipinski definition) is 1. The van der Waals surface area contributed by atoms with Crippen LogP contribution >= 0.6 is 11.6 Å². The summed E-state index contributed by atoms with van der Waals surface area (Å²) in [6, 6.07) is 9.43. The number of carbonyl (C=O) groups excluding carboxylic acids is 1. The molecule has 0 heterocycles. The van der Waals surface area contributed by atoms with Gasteiger partial charge in [0.25, 0.3) is 5.91 Å². The van der Waals surface area contributed by atoms with Gasteiger partial charge in [-0.2, -0.15) is 0 Å². The van der Waals surface area contributed by atoms with E-state index in [0.29, 0.717) is 5.56 Å². The maximum Gasteiger partial charge on any atom is 0.251 e. The van der Waals surface area contributed by atoms with Crippen molar-refractivity contribution in [2.45, 2.75) is 43.5 Å². The van der Waals surface area contributed by atoms with E-state index in [-0.39, 0.29) is 17.3 Å². The number of hydrogen-bond donors (Lipinski definition) is 1. The summed E-state index contributed by atoms with van der Waals surface area (Å²) >= 11 is 6.30. The van der Waals surface area contributed by atoms with Crippen molar-refractivity contribution < 1.29 is 4.79 Å². The van der Waals surface area contributed by atoms with Gasteiger partial charge in [0.15, 0.2) is 0 Å². The Balaban J connectivity index is 1.98. The van der Waals surface area contributed by atoms with Crippen LogP contribution in [-0.4, -0.2) is 17.3 Å². The smallest absolute Gasteiger partial charge is 0.251 e. The number of carbonyl (C=O) groups is 1. The first-order valence-corrected chi connectivity index (χ1v) is 6.71. The molecule has 0 saturated heterocycles. The predicted octanol–water partition coefficient (Wildman–Crippen LogP) is 3.36. The van der Waals surface area contributed by atoms with Gasteiger partial charge in [0.1, 0.15) is 0 Å². The zero-order valence-corrected chi connectivity index (χ0v) is 10.6. The first-order chi connectivity index (χ1) is 8.27. The largest absolute Gasteiger partial charge is 0.348 e. The third-order valence-electron chi connectivity index (χ3n) is 3.28. The number of nitrogens with one attached hydrogen (secondary N) is 1. The van der Waals surface area contributed by atoms with Crippen LogP contribution in [0.15, 0.2) is 30.3 Å². The molecule has 1 aliphatic rings. The van der Waals surface area contributed by atoms with Gasteiger partial charge >= 0.3 is 0 Å². The zero-order valence-electron chi connectivity index (χ0n) is 9.86. The fraction of sp³-hybridized carbons (Fsp3) is 0.500. The van der Waals surface area contributed by atoms with Gasteiger partial charge in [0.05, 0.1) is 5.38 Å². The van der Waals surface area contributed by atoms with Crippen molar-refractivity contribution in [2.75, 3.05) is 0 Å². The molecule has 1 amide bonds. The molecule has 0 bridgehead atoms. The minimum atomic E-state index is -0.0110. The molecule has 0 spiro atoms. The summed E-state index contributed by atoms with van der Waals surface area (Å²) in [6.07, 6.45) is 5.55. The molecule has 1 aliphatic carbocycles. The highest BCUT2D eigenvalue weighted by Crippen LogP contribution is 2.22. The Labute approximate surface area is 107 Å². The van der Waals surface area contributed by atoms with Crippen LogP contribution in [0.4, 0.5) is 0 Å². The van der Waals surface area contributed by atoms with Gasteiger partial charge in [0, 0.05) is 11.6 Å². The van der Waals surface area contributed by atoms with Crippen molar-refractivity contribution in [3.8, 4) is 0 Å². The topological polar surface area (TPSA) is 29.1 Å². The molecule has 2 nitrogen and oxygen atoms in total. The Morgan fingerprint density at radius 2 is 1.82 bits per heavy atom. The summed E-state index contributed by atoms with van der Waals surface area (Å²) in [4.78, 5) is 12.0. The lowest BCUT2D eigenvalue weighted by Gasteiger charge is -2.21. The Morgan fingerprint density at radius 3 is 2.59 bits per heavy atom. The molecule has 2 rings (SSSR count). The normalized spacial score (nSPS) is 25.0. The van der Waals surface area contributed by atoms with Crippen LogP contribution in [0, 0.1) is 0 Å². The van der Waals surface area contributed by atoms with E-state index < -0.39 is 0 Å². The average molecular weight is 252 g/mol. The molecule has 92 valence electrons. The van der Waals surface area contributed by atoms with Gasteiger partial charge in [0.2, 0.25) is 0 Å². The van der Waals surface area contributed by atoms with Gasteiger partial charge in [-0.05, 0) is 25.0 Å². The minimum Gasteiger partial charge on any atom is -0.348 e. The van der Waals surface area contributed by atoms with E-state index in [9.17, 15) is 4.79 Å². The van der Waals surface area contributed by atoms with Crippen LogP contribution in [0.1, 0.15) is 42.5 Å². The van der Waals surface area contributed by atoms with Gasteiger partial charge in [-0.15, -0.1) is 11.6 Å². The fourth-order valence-corrected chi connectivity index (χ4v) is 2.61. The molecule has 1 saturated carbocycles. The Hall–Kier alpha value is -1.02. The maximum atomic E-state index is 12.0. The summed E-state index contributed by atoms with van der Waals surface area (Å²) in [5.74, 6) is -0.0110. The van der Waals surface area contributed by atoms with E-state index >= 15 is 0 Å². The van der Waals surface area contributed by atoms with Crippen molar-refractivity contribution in [2.24, 2.45) is 0 Å². The molecule has 0 radical (unpaired) electrons. The van der Waals surface area contributed by atoms with Crippen molar-refractivity contribution in [1.29, 1.82) is 0 Å². The SMILES string of the molecule is O=C(N[C@H]1CCCCC[C@@H]1Cl)c1ccccc1. The highest BCUT2D eigenvalue weighted by Gasteiger charge is 2.23. The third kappa shape index (κ3) is 3.47. The summed E-state index contributed by atoms with van der Waals surface area (Å²) in [5.41, 5.74) is 0.709. The molecule has 3 heteroatoms. The highest BCUT2D eigenvalue weighted by molar-refractivity contribution is 6.21. The minimum absolute atomic E-state index is 0.0110. The summed E-state index contributed by atoms with van der Waals surface area (Å²) < 4.78 is 0. The second-order valence-electron chi connectivity index (χ2n) is 4.60. The van der Waals surface area contributed by atoms with Crippen molar-refractivity contribution >= 4 is 17.5 Å². The number of amides is 1. The Morgan fingerprint density at radius 1 is 1.12 bits per heavy atom. The molecule has 1 aromatic rings. The van der Waals surface area contributed by atoms with Gasteiger partial charge < -0.3 is 5.32 Å². The van der Waals surface area contributed by atoms with E-state index in [2.05, 4.69) is 5.32 Å². The quantitative estimate of drug-likeness (QED) is 0.634. The Bertz CT molecular complexity index is 366. The predicted molar refractivity (Wildman–Crippen MR) is 70.4 cm³/mol. The summed E-state index contributed by atoms with van der Waals surface area (Å²) in [7, 11) is 0. The molecule has 1 N–H and O–H groups in total. The van der Waals surface area contributed by atoms with E-state index in [4.69, 9.17) is 11.6 Å². The lowest BCUT2D eigenvalue weighted by molar-refractivity contribution is 0.0934. The second-order valence-corrected chi connectivity index (χ2v) is 5.16. The first kappa shape index (κ1) is 12.4. The highest BCUT2D eigenvalue weighted by atomic mass is 35.5. The summed E-state index contributed by atoms with van der Waals surface area (Å²) in [5, 5.41) is 3.13. The molecule has 2 atom stereocenters. The van der Waals surface area contributed by atoms with Crippen LogP contribution < -0.4 is 5.32 Å². The van der Waals surface area contributed by atoms with E-state index in [0.717, 1.165) is 19.3 Å². The number of rotatable bonds is 2. The zero-order chi connectivity index (χ0) is 12.1. The fourth-order valence-electron chi connectivity index (χ4n) is 2.27. The van der Waals surface area contributed by atoms with Crippen LogP contribution in [0.3, 0.4) is 0 Å². The van der Waals surface area contributed by atoms with Crippen LogP contribution in [0.5, 0.6) is 0 Å². The lowest BCUT2D eigenvalue weighted by Crippen LogP contribution is -2.40. The van der Waals surface area contributed by atoms with Crippen molar-refractivity contribution in [1.82, 2.24) is 5.32 Å².